The van der Waals surface area contributed by atoms with Gasteiger partial charge in [0.05, 0.1) is 14.2 Å². The van der Waals surface area contributed by atoms with E-state index in [0.29, 0.717) is 12.3 Å². The molecule has 0 aliphatic heterocycles. The first-order valence-electron chi connectivity index (χ1n) is 4.72. The summed E-state index contributed by atoms with van der Waals surface area (Å²) >= 11 is 0. The first kappa shape index (κ1) is 11.7. The minimum Gasteiger partial charge on any atom is -0.237 e. The van der Waals surface area contributed by atoms with Crippen LogP contribution in [-0.4, -0.2) is 20.0 Å². The smallest absolute Gasteiger partial charge is 0.237 e. The summed E-state index contributed by atoms with van der Waals surface area (Å²) in [5.41, 5.74) is 1.10. The summed E-state index contributed by atoms with van der Waals surface area (Å²) < 4.78 is 0. The molecule has 0 aromatic carbocycles. The van der Waals surface area contributed by atoms with E-state index in [1.54, 1.807) is 0 Å². The molecule has 4 nitrogen and oxygen atoms in total. The Hall–Kier alpha value is -0.420. The highest BCUT2D eigenvalue weighted by molar-refractivity contribution is 5.04. The van der Waals surface area contributed by atoms with Crippen LogP contribution in [0.1, 0.15) is 26.2 Å². The second-order valence-electron chi connectivity index (χ2n) is 3.85. The third-order valence-electron chi connectivity index (χ3n) is 2.29. The summed E-state index contributed by atoms with van der Waals surface area (Å²) in [6.45, 7) is 6.08. The standard InChI is InChI=1S/C10H18O4/c1-8-5-9(2)7-10(6-8,13-11-3)14-12-4/h9H,1,5-7H2,2-4H3. The Balaban J connectivity index is 2.68. The van der Waals surface area contributed by atoms with Gasteiger partial charge in [0, 0.05) is 12.8 Å². The summed E-state index contributed by atoms with van der Waals surface area (Å²) in [4.78, 5) is 19.7. The summed E-state index contributed by atoms with van der Waals surface area (Å²) in [5.74, 6) is -0.361. The van der Waals surface area contributed by atoms with Gasteiger partial charge in [-0.05, 0) is 12.3 Å². The van der Waals surface area contributed by atoms with Crippen molar-refractivity contribution in [3.05, 3.63) is 12.2 Å². The lowest BCUT2D eigenvalue weighted by atomic mass is 9.83. The molecular formula is C10H18O4. The summed E-state index contributed by atoms with van der Waals surface area (Å²) in [6, 6.07) is 0. The molecule has 82 valence electrons. The monoisotopic (exact) mass is 202 g/mol. The maximum absolute atomic E-state index is 5.14. The molecule has 0 saturated heterocycles. The molecule has 0 amide bonds. The molecule has 4 heteroatoms. The van der Waals surface area contributed by atoms with Crippen molar-refractivity contribution >= 4 is 0 Å². The zero-order chi connectivity index (χ0) is 10.6. The summed E-state index contributed by atoms with van der Waals surface area (Å²) in [7, 11) is 2.92. The van der Waals surface area contributed by atoms with Crippen LogP contribution < -0.4 is 0 Å². The minimum absolute atomic E-state index is 0.460. The number of hydrogen-bond acceptors (Lipinski definition) is 4. The maximum atomic E-state index is 5.14. The highest BCUT2D eigenvalue weighted by atomic mass is 17.3. The normalized spacial score (nSPS) is 26.5. The van der Waals surface area contributed by atoms with Gasteiger partial charge in [0.2, 0.25) is 5.79 Å². The molecule has 1 aliphatic rings. The maximum Gasteiger partial charge on any atom is 0.237 e. The van der Waals surface area contributed by atoms with Crippen LogP contribution in [-0.2, 0) is 19.6 Å². The first-order valence-corrected chi connectivity index (χ1v) is 4.72. The summed E-state index contributed by atoms with van der Waals surface area (Å²) in [5, 5.41) is 0. The Kier molecular flexibility index (Phi) is 4.07. The fourth-order valence-electron chi connectivity index (χ4n) is 2.07. The van der Waals surface area contributed by atoms with Crippen molar-refractivity contribution in [3.63, 3.8) is 0 Å². The van der Waals surface area contributed by atoms with Crippen molar-refractivity contribution in [2.75, 3.05) is 14.2 Å². The molecule has 0 spiro atoms. The molecule has 0 N–H and O–H groups in total. The van der Waals surface area contributed by atoms with Crippen LogP contribution in [0.5, 0.6) is 0 Å². The lowest BCUT2D eigenvalue weighted by molar-refractivity contribution is -0.504. The van der Waals surface area contributed by atoms with Gasteiger partial charge in [-0.15, -0.1) is 0 Å². The Morgan fingerprint density at radius 3 is 2.29 bits per heavy atom. The van der Waals surface area contributed by atoms with Gasteiger partial charge in [0.1, 0.15) is 0 Å². The summed E-state index contributed by atoms with van der Waals surface area (Å²) in [6.07, 6.45) is 2.36. The molecule has 0 aromatic rings. The Labute approximate surface area is 84.6 Å². The van der Waals surface area contributed by atoms with Gasteiger partial charge in [-0.2, -0.15) is 9.78 Å². The molecule has 0 radical (unpaired) electrons. The predicted molar refractivity (Wildman–Crippen MR) is 51.1 cm³/mol. The largest absolute Gasteiger partial charge is 0.237 e. The number of rotatable bonds is 4. The molecule has 1 saturated carbocycles. The SMILES string of the molecule is C=C1CC(C)CC(OOC)(OOC)C1. The lowest BCUT2D eigenvalue weighted by Crippen LogP contribution is -2.40. The average Bonchev–Trinajstić information content (AvgIpc) is 2.02. The van der Waals surface area contributed by atoms with Crippen LogP contribution in [0.2, 0.25) is 0 Å². The van der Waals surface area contributed by atoms with Crippen molar-refractivity contribution < 1.29 is 19.6 Å². The van der Waals surface area contributed by atoms with Gasteiger partial charge in [0.15, 0.2) is 0 Å². The van der Waals surface area contributed by atoms with E-state index < -0.39 is 5.79 Å². The van der Waals surface area contributed by atoms with Gasteiger partial charge in [-0.25, -0.2) is 9.78 Å². The number of hydrogen-bond donors (Lipinski definition) is 0. The van der Waals surface area contributed by atoms with E-state index in [1.807, 2.05) is 0 Å². The van der Waals surface area contributed by atoms with Crippen LogP contribution in [0, 0.1) is 5.92 Å². The molecule has 0 bridgehead atoms. The molecular weight excluding hydrogens is 184 g/mol. The average molecular weight is 202 g/mol. The topological polar surface area (TPSA) is 36.9 Å². The lowest BCUT2D eigenvalue weighted by Gasteiger charge is -2.36. The van der Waals surface area contributed by atoms with Crippen LogP contribution in [0.4, 0.5) is 0 Å². The van der Waals surface area contributed by atoms with E-state index in [-0.39, 0.29) is 0 Å². The van der Waals surface area contributed by atoms with Gasteiger partial charge in [0.25, 0.3) is 0 Å². The first-order chi connectivity index (χ1) is 6.62. The van der Waals surface area contributed by atoms with Crippen molar-refractivity contribution in [1.29, 1.82) is 0 Å². The third kappa shape index (κ3) is 2.78. The molecule has 1 rings (SSSR count). The van der Waals surface area contributed by atoms with E-state index in [9.17, 15) is 0 Å². The molecule has 0 aromatic heterocycles. The van der Waals surface area contributed by atoms with Gasteiger partial charge in [-0.3, -0.25) is 0 Å². The highest BCUT2D eigenvalue weighted by Gasteiger charge is 2.41. The Bertz CT molecular complexity index is 196. The van der Waals surface area contributed by atoms with Gasteiger partial charge < -0.3 is 0 Å². The van der Waals surface area contributed by atoms with Crippen molar-refractivity contribution in [1.82, 2.24) is 0 Å². The molecule has 1 fully saturated rings. The molecule has 1 atom stereocenters. The van der Waals surface area contributed by atoms with E-state index in [2.05, 4.69) is 23.3 Å². The molecule has 14 heavy (non-hydrogen) atoms. The van der Waals surface area contributed by atoms with Gasteiger partial charge >= 0.3 is 0 Å². The van der Waals surface area contributed by atoms with E-state index >= 15 is 0 Å². The van der Waals surface area contributed by atoms with E-state index in [4.69, 9.17) is 9.78 Å². The van der Waals surface area contributed by atoms with Crippen molar-refractivity contribution in [2.24, 2.45) is 5.92 Å². The Morgan fingerprint density at radius 2 is 1.86 bits per heavy atom. The predicted octanol–water partition coefficient (Wildman–Crippen LogP) is 2.21. The highest BCUT2D eigenvalue weighted by Crippen LogP contribution is 2.38. The fourth-order valence-corrected chi connectivity index (χ4v) is 2.07. The zero-order valence-electron chi connectivity index (χ0n) is 9.04. The van der Waals surface area contributed by atoms with E-state index in [1.165, 1.54) is 14.2 Å². The molecule has 1 unspecified atom stereocenters. The molecule has 0 heterocycles. The van der Waals surface area contributed by atoms with Crippen LogP contribution in [0.15, 0.2) is 12.2 Å². The van der Waals surface area contributed by atoms with E-state index in [0.717, 1.165) is 18.4 Å². The Morgan fingerprint density at radius 1 is 1.29 bits per heavy atom. The second-order valence-corrected chi connectivity index (χ2v) is 3.85. The van der Waals surface area contributed by atoms with Crippen LogP contribution in [0.25, 0.3) is 0 Å². The van der Waals surface area contributed by atoms with Crippen LogP contribution >= 0.6 is 0 Å². The van der Waals surface area contributed by atoms with Crippen molar-refractivity contribution in [2.45, 2.75) is 32.0 Å². The third-order valence-corrected chi connectivity index (χ3v) is 2.29. The fraction of sp³-hybridized carbons (Fsp3) is 0.800. The van der Waals surface area contributed by atoms with Crippen LogP contribution in [0.3, 0.4) is 0 Å². The minimum atomic E-state index is -0.821. The van der Waals surface area contributed by atoms with Gasteiger partial charge in [-0.1, -0.05) is 19.1 Å². The van der Waals surface area contributed by atoms with Crippen molar-refractivity contribution in [3.8, 4) is 0 Å². The molecule has 1 aliphatic carbocycles. The quantitative estimate of drug-likeness (QED) is 0.303. The second kappa shape index (κ2) is 4.89. The zero-order valence-corrected chi connectivity index (χ0v) is 9.04.